The second-order valence-corrected chi connectivity index (χ2v) is 7.25. The highest BCUT2D eigenvalue weighted by atomic mass is 16.6. The summed E-state index contributed by atoms with van der Waals surface area (Å²) in [5.41, 5.74) is 1.03. The van der Waals surface area contributed by atoms with Gasteiger partial charge in [0.1, 0.15) is 12.4 Å². The predicted octanol–water partition coefficient (Wildman–Crippen LogP) is 4.79. The number of fused-ring (bicyclic) bond motifs is 1. The van der Waals surface area contributed by atoms with Crippen molar-refractivity contribution in [2.45, 2.75) is 52.7 Å². The van der Waals surface area contributed by atoms with Gasteiger partial charge >= 0.3 is 5.97 Å². The van der Waals surface area contributed by atoms with Crippen LogP contribution in [0.3, 0.4) is 0 Å². The van der Waals surface area contributed by atoms with E-state index in [2.05, 4.69) is 6.92 Å². The molecule has 0 unspecified atom stereocenters. The Labute approximate surface area is 175 Å². The minimum absolute atomic E-state index is 0.0541. The average Bonchev–Trinajstić information content (AvgIpc) is 2.73. The first-order valence-electron chi connectivity index (χ1n) is 10.3. The number of nitrogens with zero attached hydrogens (tertiary/aromatic N) is 1. The molecule has 1 N–H and O–H groups in total. The number of pyridine rings is 1. The molecule has 0 aliphatic rings. The van der Waals surface area contributed by atoms with Crippen LogP contribution < -0.4 is 15.0 Å². The van der Waals surface area contributed by atoms with Crippen LogP contribution in [0.5, 0.6) is 17.2 Å². The number of rotatable bonds is 9. The summed E-state index contributed by atoms with van der Waals surface area (Å²) >= 11 is 0. The van der Waals surface area contributed by atoms with Crippen molar-refractivity contribution >= 4 is 16.9 Å². The molecule has 0 aliphatic heterocycles. The Morgan fingerprint density at radius 2 is 1.80 bits per heavy atom. The van der Waals surface area contributed by atoms with Gasteiger partial charge < -0.3 is 19.1 Å². The van der Waals surface area contributed by atoms with E-state index in [-0.39, 0.29) is 23.9 Å². The summed E-state index contributed by atoms with van der Waals surface area (Å²) < 4.78 is 12.8. The van der Waals surface area contributed by atoms with Crippen LogP contribution >= 0.6 is 0 Å². The number of hydrogen-bond donors (Lipinski definition) is 1. The van der Waals surface area contributed by atoms with Crippen LogP contribution in [0.25, 0.3) is 10.9 Å². The molecule has 0 atom stereocenters. The van der Waals surface area contributed by atoms with Crippen molar-refractivity contribution in [2.75, 3.05) is 0 Å². The van der Waals surface area contributed by atoms with E-state index in [9.17, 15) is 14.7 Å². The third kappa shape index (κ3) is 5.00. The number of carbonyl (C=O) groups is 1. The molecule has 158 valence electrons. The molecule has 3 rings (SSSR count). The number of esters is 1. The van der Waals surface area contributed by atoms with E-state index in [0.717, 1.165) is 31.2 Å². The van der Waals surface area contributed by atoms with Crippen molar-refractivity contribution in [2.24, 2.45) is 0 Å². The Balaban J connectivity index is 2.10. The molecule has 0 amide bonds. The molecule has 0 aliphatic carbocycles. The fraction of sp³-hybridized carbons (Fsp3) is 0.333. The number of aryl methyl sites for hydroxylation is 1. The molecule has 6 nitrogen and oxygen atoms in total. The van der Waals surface area contributed by atoms with Crippen LogP contribution in [-0.4, -0.2) is 15.6 Å². The minimum Gasteiger partial charge on any atom is -0.508 e. The Hall–Kier alpha value is -3.28. The van der Waals surface area contributed by atoms with Gasteiger partial charge in [0.05, 0.1) is 5.52 Å². The molecule has 0 saturated carbocycles. The monoisotopic (exact) mass is 409 g/mol. The van der Waals surface area contributed by atoms with E-state index >= 15 is 0 Å². The van der Waals surface area contributed by atoms with Crippen LogP contribution in [0, 0.1) is 0 Å². The number of hydrogen-bond acceptors (Lipinski definition) is 5. The first kappa shape index (κ1) is 21.4. The van der Waals surface area contributed by atoms with Crippen molar-refractivity contribution in [1.82, 2.24) is 4.57 Å². The number of aromatic nitrogens is 1. The van der Waals surface area contributed by atoms with Gasteiger partial charge in [0.2, 0.25) is 5.75 Å². The maximum absolute atomic E-state index is 13.2. The fourth-order valence-corrected chi connectivity index (χ4v) is 3.41. The Bertz CT molecular complexity index is 1070. The third-order valence-corrected chi connectivity index (χ3v) is 4.87. The number of ether oxygens (including phenoxy) is 2. The lowest BCUT2D eigenvalue weighted by atomic mass is 10.1. The van der Waals surface area contributed by atoms with Crippen molar-refractivity contribution in [3.8, 4) is 17.2 Å². The van der Waals surface area contributed by atoms with Gasteiger partial charge in [0.15, 0.2) is 5.75 Å². The molecular formula is C24H27NO5. The van der Waals surface area contributed by atoms with Gasteiger partial charge in [-0.05, 0) is 24.1 Å². The first-order chi connectivity index (χ1) is 14.5. The summed E-state index contributed by atoms with van der Waals surface area (Å²) in [7, 11) is 0. The maximum atomic E-state index is 13.2. The second-order valence-electron chi connectivity index (χ2n) is 7.25. The van der Waals surface area contributed by atoms with Crippen LogP contribution in [0.4, 0.5) is 0 Å². The number of unbranched alkanes of at least 4 members (excludes halogenated alkanes) is 3. The SMILES string of the molecule is CCCCCCn1c(=O)c(OC(C)=O)c(OCc2ccccc2)c2ccc(O)cc21. The number of aromatic hydroxyl groups is 1. The van der Waals surface area contributed by atoms with E-state index < -0.39 is 11.5 Å². The minimum atomic E-state index is -0.590. The van der Waals surface area contributed by atoms with Crippen molar-refractivity contribution in [3.63, 3.8) is 0 Å². The van der Waals surface area contributed by atoms with Crippen molar-refractivity contribution < 1.29 is 19.4 Å². The summed E-state index contributed by atoms with van der Waals surface area (Å²) in [6.07, 6.45) is 3.95. The van der Waals surface area contributed by atoms with E-state index in [1.54, 1.807) is 16.7 Å². The highest BCUT2D eigenvalue weighted by Crippen LogP contribution is 2.35. The summed E-state index contributed by atoms with van der Waals surface area (Å²) in [5, 5.41) is 10.6. The van der Waals surface area contributed by atoms with E-state index in [1.165, 1.54) is 13.0 Å². The van der Waals surface area contributed by atoms with Gasteiger partial charge in [0.25, 0.3) is 5.56 Å². The van der Waals surface area contributed by atoms with Gasteiger partial charge in [-0.25, -0.2) is 0 Å². The molecule has 0 spiro atoms. The molecule has 2 aromatic carbocycles. The van der Waals surface area contributed by atoms with E-state index in [1.807, 2.05) is 30.3 Å². The van der Waals surface area contributed by atoms with Crippen molar-refractivity contribution in [1.29, 1.82) is 0 Å². The molecule has 0 bridgehead atoms. The van der Waals surface area contributed by atoms with Crippen LogP contribution in [-0.2, 0) is 17.9 Å². The lowest BCUT2D eigenvalue weighted by Gasteiger charge is -2.18. The largest absolute Gasteiger partial charge is 0.508 e. The lowest BCUT2D eigenvalue weighted by molar-refractivity contribution is -0.132. The standard InChI is InChI=1S/C24H27NO5/c1-3-4-5-9-14-25-21-15-19(27)12-13-20(21)22(23(24(25)28)30-17(2)26)29-16-18-10-7-6-8-11-18/h6-8,10-13,15,27H,3-5,9,14,16H2,1-2H3. The molecule has 30 heavy (non-hydrogen) atoms. The Morgan fingerprint density at radius 1 is 1.03 bits per heavy atom. The Kier molecular flexibility index (Phi) is 7.12. The molecular weight excluding hydrogens is 382 g/mol. The van der Waals surface area contributed by atoms with Crippen molar-refractivity contribution in [3.05, 3.63) is 64.4 Å². The molecule has 6 heteroatoms. The predicted molar refractivity (Wildman–Crippen MR) is 116 cm³/mol. The first-order valence-corrected chi connectivity index (χ1v) is 10.3. The quantitative estimate of drug-likeness (QED) is 0.406. The summed E-state index contributed by atoms with van der Waals surface area (Å²) in [6.45, 7) is 4.06. The molecule has 1 aromatic heterocycles. The van der Waals surface area contributed by atoms with Crippen LogP contribution in [0.1, 0.15) is 45.1 Å². The Morgan fingerprint density at radius 3 is 2.50 bits per heavy atom. The van der Waals surface area contributed by atoms with Gasteiger partial charge in [-0.1, -0.05) is 56.5 Å². The molecule has 0 saturated heterocycles. The molecule has 0 radical (unpaired) electrons. The lowest BCUT2D eigenvalue weighted by Crippen LogP contribution is -2.25. The highest BCUT2D eigenvalue weighted by molar-refractivity contribution is 5.90. The van der Waals surface area contributed by atoms with Crippen LogP contribution in [0.15, 0.2) is 53.3 Å². The number of phenolic OH excluding ortho intramolecular Hbond substituents is 1. The fourth-order valence-electron chi connectivity index (χ4n) is 3.41. The van der Waals surface area contributed by atoms with Gasteiger partial charge in [-0.3, -0.25) is 9.59 Å². The smallest absolute Gasteiger partial charge is 0.308 e. The average molecular weight is 409 g/mol. The van der Waals surface area contributed by atoms with Gasteiger partial charge in [-0.15, -0.1) is 0 Å². The number of benzene rings is 2. The zero-order valence-electron chi connectivity index (χ0n) is 17.4. The van der Waals surface area contributed by atoms with E-state index in [0.29, 0.717) is 17.4 Å². The topological polar surface area (TPSA) is 77.8 Å². The normalized spacial score (nSPS) is 10.9. The molecule has 3 aromatic rings. The highest BCUT2D eigenvalue weighted by Gasteiger charge is 2.21. The van der Waals surface area contributed by atoms with Crippen LogP contribution in [0.2, 0.25) is 0 Å². The maximum Gasteiger partial charge on any atom is 0.308 e. The number of phenols is 1. The molecule has 0 fully saturated rings. The summed E-state index contributed by atoms with van der Waals surface area (Å²) in [4.78, 5) is 25.0. The molecule has 1 heterocycles. The zero-order chi connectivity index (χ0) is 21.5. The summed E-state index contributed by atoms with van der Waals surface area (Å²) in [6, 6.07) is 14.3. The number of carbonyl (C=O) groups excluding carboxylic acids is 1. The van der Waals surface area contributed by atoms with Gasteiger partial charge in [0, 0.05) is 24.9 Å². The third-order valence-electron chi connectivity index (χ3n) is 4.87. The van der Waals surface area contributed by atoms with Gasteiger partial charge in [-0.2, -0.15) is 0 Å². The second kappa shape index (κ2) is 9.96. The zero-order valence-corrected chi connectivity index (χ0v) is 17.4. The van der Waals surface area contributed by atoms with E-state index in [4.69, 9.17) is 9.47 Å². The summed E-state index contributed by atoms with van der Waals surface area (Å²) in [5.74, 6) is -0.447.